The molecule has 6 heteroatoms. The summed E-state index contributed by atoms with van der Waals surface area (Å²) >= 11 is 0. The average Bonchev–Trinajstić information content (AvgIpc) is 2.81. The van der Waals surface area contributed by atoms with Gasteiger partial charge in [-0.05, 0) is 19.1 Å². The smallest absolute Gasteiger partial charge is 0.184 e. The van der Waals surface area contributed by atoms with Gasteiger partial charge in [0.15, 0.2) is 17.9 Å². The zero-order valence-electron chi connectivity index (χ0n) is 11.0. The fourth-order valence-electron chi connectivity index (χ4n) is 3.05. The number of ether oxygens (including phenoxy) is 2. The molecule has 0 bridgehead atoms. The van der Waals surface area contributed by atoms with Crippen molar-refractivity contribution in [1.29, 1.82) is 0 Å². The molecule has 4 atom stereocenters. The van der Waals surface area contributed by atoms with Crippen LogP contribution in [0, 0.1) is 0 Å². The van der Waals surface area contributed by atoms with Gasteiger partial charge in [0.1, 0.15) is 11.7 Å². The highest BCUT2D eigenvalue weighted by atomic mass is 16.7. The Kier molecular flexibility index (Phi) is 3.13. The predicted molar refractivity (Wildman–Crippen MR) is 66.7 cm³/mol. The van der Waals surface area contributed by atoms with Crippen LogP contribution < -0.4 is 0 Å². The molecular formula is C14H16O6. The maximum Gasteiger partial charge on any atom is 0.184 e. The minimum Gasteiger partial charge on any atom is -0.388 e. The lowest BCUT2D eigenvalue weighted by Gasteiger charge is -2.40. The number of allylic oxidation sites excluding steroid dienone is 2. The van der Waals surface area contributed by atoms with Crippen LogP contribution in [0.15, 0.2) is 23.3 Å². The van der Waals surface area contributed by atoms with Crippen LogP contribution in [0.2, 0.25) is 0 Å². The van der Waals surface area contributed by atoms with Crippen LogP contribution in [0.25, 0.3) is 0 Å². The van der Waals surface area contributed by atoms with Gasteiger partial charge in [-0.3, -0.25) is 9.59 Å². The molecule has 6 nitrogen and oxygen atoms in total. The third kappa shape index (κ3) is 2.05. The molecule has 2 aliphatic carbocycles. The van der Waals surface area contributed by atoms with Gasteiger partial charge in [0, 0.05) is 24.0 Å². The summed E-state index contributed by atoms with van der Waals surface area (Å²) in [6, 6.07) is 0. The van der Waals surface area contributed by atoms with Gasteiger partial charge in [-0.1, -0.05) is 0 Å². The second kappa shape index (κ2) is 4.60. The molecule has 108 valence electrons. The topological polar surface area (TPSA) is 93.1 Å². The minimum atomic E-state index is -1.40. The first-order valence-corrected chi connectivity index (χ1v) is 6.58. The Morgan fingerprint density at radius 2 is 2.00 bits per heavy atom. The van der Waals surface area contributed by atoms with E-state index in [0.29, 0.717) is 0 Å². The number of carbonyl (C=O) groups is 2. The summed E-state index contributed by atoms with van der Waals surface area (Å²) in [6.07, 6.45) is 0.0779. The Morgan fingerprint density at radius 3 is 2.65 bits per heavy atom. The molecule has 0 radical (unpaired) electrons. The summed E-state index contributed by atoms with van der Waals surface area (Å²) in [5.74, 6) is -0.713. The Hall–Kier alpha value is -1.34. The van der Waals surface area contributed by atoms with Gasteiger partial charge >= 0.3 is 0 Å². The van der Waals surface area contributed by atoms with E-state index in [1.54, 1.807) is 6.92 Å². The molecule has 2 N–H and O–H groups in total. The molecule has 0 saturated carbocycles. The van der Waals surface area contributed by atoms with Crippen LogP contribution in [0.1, 0.15) is 19.8 Å². The van der Waals surface area contributed by atoms with Crippen molar-refractivity contribution in [2.45, 2.75) is 43.9 Å². The van der Waals surface area contributed by atoms with E-state index >= 15 is 0 Å². The van der Waals surface area contributed by atoms with Gasteiger partial charge in [0.05, 0.1) is 12.7 Å². The van der Waals surface area contributed by atoms with Gasteiger partial charge in [-0.25, -0.2) is 0 Å². The molecule has 3 aliphatic rings. The van der Waals surface area contributed by atoms with Gasteiger partial charge in [0.25, 0.3) is 0 Å². The number of ketones is 2. The first-order valence-electron chi connectivity index (χ1n) is 6.58. The molecule has 20 heavy (non-hydrogen) atoms. The SMILES string of the molecule is C[C@@H]1OC[C@H](C2(O)CC3=C(C(=O)C=CC3=O)C(O)C2)O1. The average molecular weight is 280 g/mol. The van der Waals surface area contributed by atoms with Gasteiger partial charge in [-0.2, -0.15) is 0 Å². The molecule has 1 heterocycles. The monoisotopic (exact) mass is 280 g/mol. The van der Waals surface area contributed by atoms with E-state index in [0.717, 1.165) is 6.08 Å². The number of rotatable bonds is 1. The summed E-state index contributed by atoms with van der Waals surface area (Å²) in [4.78, 5) is 23.7. The second-order valence-electron chi connectivity index (χ2n) is 5.48. The Bertz CT molecular complexity index is 534. The van der Waals surface area contributed by atoms with E-state index in [-0.39, 0.29) is 42.2 Å². The number of carbonyl (C=O) groups excluding carboxylic acids is 2. The Labute approximate surface area is 115 Å². The lowest BCUT2D eigenvalue weighted by molar-refractivity contribution is -0.134. The summed E-state index contributed by atoms with van der Waals surface area (Å²) in [6.45, 7) is 1.91. The van der Waals surface area contributed by atoms with Crippen LogP contribution in [-0.2, 0) is 19.1 Å². The Morgan fingerprint density at radius 1 is 1.30 bits per heavy atom. The van der Waals surface area contributed by atoms with Crippen molar-refractivity contribution >= 4 is 11.6 Å². The van der Waals surface area contributed by atoms with E-state index in [4.69, 9.17) is 9.47 Å². The van der Waals surface area contributed by atoms with Gasteiger partial charge < -0.3 is 19.7 Å². The third-order valence-electron chi connectivity index (χ3n) is 4.07. The largest absolute Gasteiger partial charge is 0.388 e. The van der Waals surface area contributed by atoms with E-state index < -0.39 is 24.1 Å². The van der Waals surface area contributed by atoms with E-state index in [9.17, 15) is 19.8 Å². The summed E-state index contributed by atoms with van der Waals surface area (Å²) in [5, 5.41) is 20.8. The van der Waals surface area contributed by atoms with E-state index in [1.165, 1.54) is 6.08 Å². The molecule has 3 rings (SSSR count). The number of hydrogen-bond acceptors (Lipinski definition) is 6. The fourth-order valence-corrected chi connectivity index (χ4v) is 3.05. The first kappa shape index (κ1) is 13.6. The fraction of sp³-hybridized carbons (Fsp3) is 0.571. The lowest BCUT2D eigenvalue weighted by Crippen LogP contribution is -2.51. The van der Waals surface area contributed by atoms with Crippen LogP contribution in [0.3, 0.4) is 0 Å². The molecule has 1 aliphatic heterocycles. The highest BCUT2D eigenvalue weighted by molar-refractivity contribution is 6.20. The van der Waals surface area contributed by atoms with Crippen molar-refractivity contribution in [2.24, 2.45) is 0 Å². The van der Waals surface area contributed by atoms with Crippen molar-refractivity contribution < 1.29 is 29.3 Å². The quantitative estimate of drug-likeness (QED) is 0.637. The number of aliphatic hydroxyl groups is 2. The highest BCUT2D eigenvalue weighted by Gasteiger charge is 2.49. The van der Waals surface area contributed by atoms with Crippen molar-refractivity contribution in [3.05, 3.63) is 23.3 Å². The molecule has 2 unspecified atom stereocenters. The maximum absolute atomic E-state index is 11.9. The first-order chi connectivity index (χ1) is 9.40. The maximum atomic E-state index is 11.9. The van der Waals surface area contributed by atoms with Crippen molar-refractivity contribution in [1.82, 2.24) is 0 Å². The normalized spacial score (nSPS) is 41.2. The zero-order valence-corrected chi connectivity index (χ0v) is 11.0. The van der Waals surface area contributed by atoms with Gasteiger partial charge in [0.2, 0.25) is 0 Å². The summed E-state index contributed by atoms with van der Waals surface area (Å²) in [5.41, 5.74) is -1.11. The van der Waals surface area contributed by atoms with Crippen LogP contribution >= 0.6 is 0 Å². The standard InChI is InChI=1S/C14H16O6/c1-7-19-6-12(20-7)14(18)4-8-9(15)2-3-10(16)13(8)11(17)5-14/h2-3,7,11-12,17-18H,4-6H2,1H3/t7-,11?,12-,14?/m1/s1. The third-order valence-corrected chi connectivity index (χ3v) is 4.07. The van der Waals surface area contributed by atoms with Crippen molar-refractivity contribution in [2.75, 3.05) is 6.61 Å². The minimum absolute atomic E-state index is 0.00491. The van der Waals surface area contributed by atoms with Gasteiger partial charge in [-0.15, -0.1) is 0 Å². The summed E-state index contributed by atoms with van der Waals surface area (Å²) < 4.78 is 10.7. The molecule has 0 aromatic carbocycles. The highest BCUT2D eigenvalue weighted by Crippen LogP contribution is 2.40. The number of aliphatic hydroxyl groups excluding tert-OH is 1. The molecule has 0 aromatic heterocycles. The Balaban J connectivity index is 1.93. The van der Waals surface area contributed by atoms with E-state index in [2.05, 4.69) is 0 Å². The number of hydrogen-bond donors (Lipinski definition) is 2. The predicted octanol–water partition coefficient (Wildman–Crippen LogP) is -0.362. The van der Waals surface area contributed by atoms with Crippen LogP contribution in [0.4, 0.5) is 0 Å². The van der Waals surface area contributed by atoms with Crippen molar-refractivity contribution in [3.63, 3.8) is 0 Å². The zero-order chi connectivity index (χ0) is 14.5. The molecule has 1 saturated heterocycles. The second-order valence-corrected chi connectivity index (χ2v) is 5.48. The van der Waals surface area contributed by atoms with Crippen molar-refractivity contribution in [3.8, 4) is 0 Å². The molecule has 0 spiro atoms. The molecular weight excluding hydrogens is 264 g/mol. The molecule has 0 aromatic rings. The molecule has 0 amide bonds. The van der Waals surface area contributed by atoms with E-state index in [1.807, 2.05) is 0 Å². The van der Waals surface area contributed by atoms with Crippen LogP contribution in [-0.4, -0.2) is 52.5 Å². The molecule has 1 fully saturated rings. The summed E-state index contributed by atoms with van der Waals surface area (Å²) in [7, 11) is 0. The lowest BCUT2D eigenvalue weighted by atomic mass is 9.72. The van der Waals surface area contributed by atoms with Crippen LogP contribution in [0.5, 0.6) is 0 Å².